The van der Waals surface area contributed by atoms with E-state index in [1.165, 1.54) is 30.5 Å². The number of hydrogen-bond acceptors (Lipinski definition) is 6. The molecule has 0 unspecified atom stereocenters. The fraction of sp³-hybridized carbons (Fsp3) is 0.235. The zero-order chi connectivity index (χ0) is 18.4. The van der Waals surface area contributed by atoms with Crippen LogP contribution in [0.25, 0.3) is 0 Å². The number of carbonyl (C=O) groups excluding carboxylic acids is 2. The number of nitro benzene ring substituents is 1. The molecule has 1 heterocycles. The number of pyridine rings is 1. The summed E-state index contributed by atoms with van der Waals surface area (Å²) >= 11 is 0. The Kier molecular flexibility index (Phi) is 5.78. The third kappa shape index (κ3) is 4.60. The molecule has 0 bridgehead atoms. The molecule has 8 nitrogen and oxygen atoms in total. The standard InChI is InChI=1S/C17H17N3O5/c1-11(2)17(22)25-15-8-5-7-14(20(23)24)12(15)10-19-16(21)13-6-3-4-9-18-13/h3-9,11H,10H2,1-2H3,(H,19,21). The molecular weight excluding hydrogens is 326 g/mol. The number of nitro groups is 1. The molecule has 0 aliphatic rings. The Labute approximate surface area is 144 Å². The summed E-state index contributed by atoms with van der Waals surface area (Å²) in [5, 5.41) is 13.8. The lowest BCUT2D eigenvalue weighted by Gasteiger charge is -2.12. The van der Waals surface area contributed by atoms with Crippen LogP contribution in [0, 0.1) is 16.0 Å². The molecule has 2 aromatic rings. The van der Waals surface area contributed by atoms with Crippen molar-refractivity contribution in [1.82, 2.24) is 10.3 Å². The highest BCUT2D eigenvalue weighted by atomic mass is 16.6. The number of ether oxygens (including phenoxy) is 1. The lowest BCUT2D eigenvalue weighted by Crippen LogP contribution is -2.25. The molecule has 2 rings (SSSR count). The van der Waals surface area contributed by atoms with Gasteiger partial charge in [-0.1, -0.05) is 26.0 Å². The van der Waals surface area contributed by atoms with Gasteiger partial charge in [0.25, 0.3) is 11.6 Å². The number of nitrogens with zero attached hydrogens (tertiary/aromatic N) is 2. The van der Waals surface area contributed by atoms with E-state index in [9.17, 15) is 19.7 Å². The first kappa shape index (κ1) is 18.1. The lowest BCUT2D eigenvalue weighted by atomic mass is 10.1. The molecule has 130 valence electrons. The van der Waals surface area contributed by atoms with Crippen molar-refractivity contribution >= 4 is 17.6 Å². The van der Waals surface area contributed by atoms with E-state index < -0.39 is 22.7 Å². The van der Waals surface area contributed by atoms with Crippen LogP contribution in [0.5, 0.6) is 5.75 Å². The van der Waals surface area contributed by atoms with Crippen molar-refractivity contribution in [2.75, 3.05) is 0 Å². The van der Waals surface area contributed by atoms with E-state index in [4.69, 9.17) is 4.74 Å². The summed E-state index contributed by atoms with van der Waals surface area (Å²) in [5.74, 6) is -1.35. The highest BCUT2D eigenvalue weighted by Gasteiger charge is 2.22. The Balaban J connectivity index is 2.26. The average molecular weight is 343 g/mol. The van der Waals surface area contributed by atoms with E-state index in [2.05, 4.69) is 10.3 Å². The molecule has 0 aliphatic heterocycles. The van der Waals surface area contributed by atoms with Crippen LogP contribution in [0.3, 0.4) is 0 Å². The third-order valence-electron chi connectivity index (χ3n) is 3.31. The molecule has 8 heteroatoms. The maximum Gasteiger partial charge on any atom is 0.313 e. The summed E-state index contributed by atoms with van der Waals surface area (Å²) < 4.78 is 5.23. The summed E-state index contributed by atoms with van der Waals surface area (Å²) in [7, 11) is 0. The maximum absolute atomic E-state index is 12.1. The van der Waals surface area contributed by atoms with Gasteiger partial charge in [0.1, 0.15) is 11.4 Å². The summed E-state index contributed by atoms with van der Waals surface area (Å²) in [5.41, 5.74) is 0.0583. The lowest BCUT2D eigenvalue weighted by molar-refractivity contribution is -0.385. The van der Waals surface area contributed by atoms with E-state index in [0.29, 0.717) is 0 Å². The number of aromatic nitrogens is 1. The van der Waals surface area contributed by atoms with Crippen LogP contribution in [0.2, 0.25) is 0 Å². The SMILES string of the molecule is CC(C)C(=O)Oc1cccc([N+](=O)[O-])c1CNC(=O)c1ccccn1. The van der Waals surface area contributed by atoms with Crippen molar-refractivity contribution < 1.29 is 19.2 Å². The van der Waals surface area contributed by atoms with Gasteiger partial charge in [-0.25, -0.2) is 0 Å². The second-order valence-corrected chi connectivity index (χ2v) is 5.48. The van der Waals surface area contributed by atoms with Gasteiger partial charge in [0.05, 0.1) is 22.9 Å². The molecular formula is C17H17N3O5. The van der Waals surface area contributed by atoms with Crippen LogP contribution in [0.1, 0.15) is 29.9 Å². The average Bonchev–Trinajstić information content (AvgIpc) is 2.60. The number of nitrogens with one attached hydrogen (secondary N) is 1. The number of benzene rings is 1. The Hall–Kier alpha value is -3.29. The maximum atomic E-state index is 12.1. The van der Waals surface area contributed by atoms with Crippen LogP contribution >= 0.6 is 0 Å². The van der Waals surface area contributed by atoms with Gasteiger partial charge < -0.3 is 10.1 Å². The molecule has 0 atom stereocenters. The Bertz CT molecular complexity index is 790. The van der Waals surface area contributed by atoms with Crippen LogP contribution in [0.4, 0.5) is 5.69 Å². The van der Waals surface area contributed by atoms with Crippen molar-refractivity contribution in [3.63, 3.8) is 0 Å². The Morgan fingerprint density at radius 2 is 2.00 bits per heavy atom. The van der Waals surface area contributed by atoms with Gasteiger partial charge in [0.15, 0.2) is 0 Å². The summed E-state index contributed by atoms with van der Waals surface area (Å²) in [6.07, 6.45) is 1.47. The van der Waals surface area contributed by atoms with Crippen LogP contribution in [0.15, 0.2) is 42.6 Å². The predicted molar refractivity (Wildman–Crippen MR) is 89.0 cm³/mol. The smallest absolute Gasteiger partial charge is 0.313 e. The zero-order valence-electron chi connectivity index (χ0n) is 13.8. The molecule has 1 N–H and O–H groups in total. The molecule has 1 amide bonds. The number of amides is 1. The second-order valence-electron chi connectivity index (χ2n) is 5.48. The van der Waals surface area contributed by atoms with E-state index in [-0.39, 0.29) is 29.2 Å². The van der Waals surface area contributed by atoms with Crippen molar-refractivity contribution in [3.05, 3.63) is 64.0 Å². The molecule has 0 saturated carbocycles. The summed E-state index contributed by atoms with van der Waals surface area (Å²) in [6.45, 7) is 3.14. The topological polar surface area (TPSA) is 111 Å². The normalized spacial score (nSPS) is 10.4. The molecule has 25 heavy (non-hydrogen) atoms. The van der Waals surface area contributed by atoms with E-state index in [1.54, 1.807) is 26.0 Å². The van der Waals surface area contributed by atoms with Crippen molar-refractivity contribution in [1.29, 1.82) is 0 Å². The quantitative estimate of drug-likeness (QED) is 0.373. The van der Waals surface area contributed by atoms with Gasteiger partial charge in [-0.3, -0.25) is 24.7 Å². The molecule has 0 radical (unpaired) electrons. The number of rotatable bonds is 6. The first-order chi connectivity index (χ1) is 11.9. The van der Waals surface area contributed by atoms with Crippen LogP contribution in [-0.2, 0) is 11.3 Å². The van der Waals surface area contributed by atoms with E-state index >= 15 is 0 Å². The number of hydrogen-bond donors (Lipinski definition) is 1. The second kappa shape index (κ2) is 8.00. The van der Waals surface area contributed by atoms with Crippen molar-refractivity contribution in [2.24, 2.45) is 5.92 Å². The minimum Gasteiger partial charge on any atom is -0.426 e. The van der Waals surface area contributed by atoms with Gasteiger partial charge in [0, 0.05) is 12.3 Å². The van der Waals surface area contributed by atoms with Crippen LogP contribution in [-0.4, -0.2) is 21.8 Å². The largest absolute Gasteiger partial charge is 0.426 e. The highest BCUT2D eigenvalue weighted by molar-refractivity contribution is 5.92. The van der Waals surface area contributed by atoms with Crippen molar-refractivity contribution in [3.8, 4) is 5.75 Å². The van der Waals surface area contributed by atoms with Gasteiger partial charge in [-0.15, -0.1) is 0 Å². The fourth-order valence-electron chi connectivity index (χ4n) is 1.98. The van der Waals surface area contributed by atoms with Crippen molar-refractivity contribution in [2.45, 2.75) is 20.4 Å². The molecule has 0 saturated heterocycles. The van der Waals surface area contributed by atoms with E-state index in [1.807, 2.05) is 0 Å². The van der Waals surface area contributed by atoms with Crippen LogP contribution < -0.4 is 10.1 Å². The van der Waals surface area contributed by atoms with Gasteiger partial charge in [-0.2, -0.15) is 0 Å². The molecule has 1 aromatic carbocycles. The molecule has 0 spiro atoms. The van der Waals surface area contributed by atoms with Gasteiger partial charge in [0.2, 0.25) is 0 Å². The number of carbonyl (C=O) groups is 2. The summed E-state index contributed by atoms with van der Waals surface area (Å²) in [6, 6.07) is 9.01. The highest BCUT2D eigenvalue weighted by Crippen LogP contribution is 2.29. The van der Waals surface area contributed by atoms with Gasteiger partial charge >= 0.3 is 5.97 Å². The molecule has 0 fully saturated rings. The Morgan fingerprint density at radius 1 is 1.24 bits per heavy atom. The van der Waals surface area contributed by atoms with E-state index in [0.717, 1.165) is 0 Å². The fourth-order valence-corrected chi connectivity index (χ4v) is 1.98. The monoisotopic (exact) mass is 343 g/mol. The predicted octanol–water partition coefficient (Wildman–Crippen LogP) is 2.48. The third-order valence-corrected chi connectivity index (χ3v) is 3.31. The minimum atomic E-state index is -0.588. The Morgan fingerprint density at radius 3 is 2.60 bits per heavy atom. The minimum absolute atomic E-state index is 0.0502. The zero-order valence-corrected chi connectivity index (χ0v) is 13.8. The van der Waals surface area contributed by atoms with Gasteiger partial charge in [-0.05, 0) is 18.2 Å². The first-order valence-electron chi connectivity index (χ1n) is 7.57. The molecule has 0 aliphatic carbocycles. The molecule has 1 aromatic heterocycles. The first-order valence-corrected chi connectivity index (χ1v) is 7.57. The summed E-state index contributed by atoms with van der Waals surface area (Å²) in [4.78, 5) is 38.5. The number of esters is 1.